The van der Waals surface area contributed by atoms with Gasteiger partial charge in [0.15, 0.2) is 0 Å². The van der Waals surface area contributed by atoms with Crippen LogP contribution in [0.5, 0.6) is 0 Å². The van der Waals surface area contributed by atoms with Crippen LogP contribution < -0.4 is 5.32 Å². The highest BCUT2D eigenvalue weighted by molar-refractivity contribution is 5.80. The van der Waals surface area contributed by atoms with E-state index in [1.165, 1.54) is 0 Å². The Kier molecular flexibility index (Phi) is 2.69. The second-order valence-electron chi connectivity index (χ2n) is 3.38. The molecule has 1 aromatic carbocycles. The molecular formula is C11H12N2O2. The second kappa shape index (κ2) is 4.14. The molecule has 0 aliphatic heterocycles. The highest BCUT2D eigenvalue weighted by Crippen LogP contribution is 2.14. The SMILES string of the molecule is O=C(O)CNCc1cc2ccccc2[nH]1. The van der Waals surface area contributed by atoms with Crippen LogP contribution in [0, 0.1) is 0 Å². The summed E-state index contributed by atoms with van der Waals surface area (Å²) in [5.74, 6) is -0.842. The number of hydrogen-bond acceptors (Lipinski definition) is 2. The van der Waals surface area contributed by atoms with Gasteiger partial charge in [0.2, 0.25) is 0 Å². The largest absolute Gasteiger partial charge is 0.480 e. The van der Waals surface area contributed by atoms with Crippen molar-refractivity contribution in [2.75, 3.05) is 6.54 Å². The average molecular weight is 204 g/mol. The van der Waals surface area contributed by atoms with Crippen LogP contribution in [0.3, 0.4) is 0 Å². The molecule has 0 bridgehead atoms. The molecule has 0 amide bonds. The smallest absolute Gasteiger partial charge is 0.317 e. The van der Waals surface area contributed by atoms with E-state index in [2.05, 4.69) is 10.3 Å². The number of aromatic nitrogens is 1. The molecule has 0 radical (unpaired) electrons. The van der Waals surface area contributed by atoms with E-state index < -0.39 is 5.97 Å². The summed E-state index contributed by atoms with van der Waals surface area (Å²) in [6.45, 7) is 0.524. The maximum Gasteiger partial charge on any atom is 0.317 e. The maximum absolute atomic E-state index is 10.3. The van der Waals surface area contributed by atoms with Gasteiger partial charge in [-0.05, 0) is 17.5 Å². The number of aromatic amines is 1. The summed E-state index contributed by atoms with van der Waals surface area (Å²) in [6.07, 6.45) is 0. The lowest BCUT2D eigenvalue weighted by Gasteiger charge is -1.97. The molecule has 0 saturated carbocycles. The van der Waals surface area contributed by atoms with E-state index in [4.69, 9.17) is 5.11 Å². The standard InChI is InChI=1S/C11H12N2O2/c14-11(15)7-12-6-9-5-8-3-1-2-4-10(8)13-9/h1-5,12-13H,6-7H2,(H,14,15). The molecule has 0 spiro atoms. The van der Waals surface area contributed by atoms with E-state index in [-0.39, 0.29) is 6.54 Å². The van der Waals surface area contributed by atoms with Crippen LogP contribution in [-0.2, 0) is 11.3 Å². The molecule has 0 saturated heterocycles. The fraction of sp³-hybridized carbons (Fsp3) is 0.182. The van der Waals surface area contributed by atoms with Gasteiger partial charge in [0.25, 0.3) is 0 Å². The van der Waals surface area contributed by atoms with E-state index in [1.54, 1.807) is 0 Å². The van der Waals surface area contributed by atoms with E-state index >= 15 is 0 Å². The number of nitrogens with one attached hydrogen (secondary N) is 2. The Hall–Kier alpha value is -1.81. The molecule has 0 atom stereocenters. The third-order valence-corrected chi connectivity index (χ3v) is 2.18. The normalized spacial score (nSPS) is 10.7. The van der Waals surface area contributed by atoms with Gasteiger partial charge < -0.3 is 15.4 Å². The Morgan fingerprint density at radius 2 is 2.20 bits per heavy atom. The van der Waals surface area contributed by atoms with Crippen molar-refractivity contribution in [2.24, 2.45) is 0 Å². The summed E-state index contributed by atoms with van der Waals surface area (Å²) >= 11 is 0. The van der Waals surface area contributed by atoms with Gasteiger partial charge in [0, 0.05) is 17.8 Å². The molecule has 15 heavy (non-hydrogen) atoms. The molecule has 2 rings (SSSR count). The molecule has 0 unspecified atom stereocenters. The number of carboxylic acids is 1. The van der Waals surface area contributed by atoms with Gasteiger partial charge in [-0.3, -0.25) is 4.79 Å². The summed E-state index contributed by atoms with van der Waals surface area (Å²) in [4.78, 5) is 13.5. The van der Waals surface area contributed by atoms with Crippen molar-refractivity contribution in [3.63, 3.8) is 0 Å². The van der Waals surface area contributed by atoms with Crippen LogP contribution in [0.25, 0.3) is 10.9 Å². The molecule has 3 N–H and O–H groups in total. The quantitative estimate of drug-likeness (QED) is 0.704. The number of benzene rings is 1. The lowest BCUT2D eigenvalue weighted by Crippen LogP contribution is -2.21. The van der Waals surface area contributed by atoms with Gasteiger partial charge >= 0.3 is 5.97 Å². The van der Waals surface area contributed by atoms with E-state index in [0.29, 0.717) is 6.54 Å². The van der Waals surface area contributed by atoms with Crippen molar-refractivity contribution in [1.29, 1.82) is 0 Å². The first-order valence-electron chi connectivity index (χ1n) is 4.75. The molecule has 1 heterocycles. The van der Waals surface area contributed by atoms with Crippen molar-refractivity contribution >= 4 is 16.9 Å². The topological polar surface area (TPSA) is 65.1 Å². The summed E-state index contributed by atoms with van der Waals surface area (Å²) in [5.41, 5.74) is 2.07. The number of para-hydroxylation sites is 1. The van der Waals surface area contributed by atoms with Gasteiger partial charge in [-0.25, -0.2) is 0 Å². The number of carboxylic acid groups (broad SMARTS) is 1. The molecule has 0 aliphatic carbocycles. The number of hydrogen-bond donors (Lipinski definition) is 3. The second-order valence-corrected chi connectivity index (χ2v) is 3.38. The first kappa shape index (κ1) is 9.73. The minimum atomic E-state index is -0.842. The van der Waals surface area contributed by atoms with Gasteiger partial charge in [-0.15, -0.1) is 0 Å². The minimum Gasteiger partial charge on any atom is -0.480 e. The molecule has 4 nitrogen and oxygen atoms in total. The van der Waals surface area contributed by atoms with Gasteiger partial charge in [0.1, 0.15) is 0 Å². The van der Waals surface area contributed by atoms with Crippen LogP contribution in [0.2, 0.25) is 0 Å². The zero-order valence-corrected chi connectivity index (χ0v) is 8.16. The van der Waals surface area contributed by atoms with Crippen LogP contribution >= 0.6 is 0 Å². The Morgan fingerprint density at radius 3 is 2.93 bits per heavy atom. The molecule has 78 valence electrons. The van der Waals surface area contributed by atoms with Crippen LogP contribution in [0.15, 0.2) is 30.3 Å². The van der Waals surface area contributed by atoms with Gasteiger partial charge in [-0.2, -0.15) is 0 Å². The Morgan fingerprint density at radius 1 is 1.40 bits per heavy atom. The van der Waals surface area contributed by atoms with Crippen molar-refractivity contribution in [2.45, 2.75) is 6.54 Å². The molecular weight excluding hydrogens is 192 g/mol. The lowest BCUT2D eigenvalue weighted by molar-refractivity contribution is -0.135. The Balaban J connectivity index is 2.05. The zero-order valence-electron chi connectivity index (χ0n) is 8.16. The maximum atomic E-state index is 10.3. The van der Waals surface area contributed by atoms with Crippen molar-refractivity contribution < 1.29 is 9.90 Å². The number of aliphatic carboxylic acids is 1. The van der Waals surface area contributed by atoms with E-state index in [9.17, 15) is 4.79 Å². The van der Waals surface area contributed by atoms with Crippen LogP contribution in [0.1, 0.15) is 5.69 Å². The predicted molar refractivity (Wildman–Crippen MR) is 57.6 cm³/mol. The van der Waals surface area contributed by atoms with Gasteiger partial charge in [-0.1, -0.05) is 18.2 Å². The summed E-state index contributed by atoms with van der Waals surface area (Å²) in [5, 5.41) is 12.4. The number of rotatable bonds is 4. The minimum absolute atomic E-state index is 0.0185. The summed E-state index contributed by atoms with van der Waals surface area (Å²) in [6, 6.07) is 9.98. The van der Waals surface area contributed by atoms with Gasteiger partial charge in [0.05, 0.1) is 6.54 Å². The fourth-order valence-electron chi connectivity index (χ4n) is 1.53. The third kappa shape index (κ3) is 2.35. The zero-order chi connectivity index (χ0) is 10.7. The van der Waals surface area contributed by atoms with E-state index in [1.807, 2.05) is 30.3 Å². The van der Waals surface area contributed by atoms with E-state index in [0.717, 1.165) is 16.6 Å². The highest BCUT2D eigenvalue weighted by Gasteiger charge is 2.00. The summed E-state index contributed by atoms with van der Waals surface area (Å²) < 4.78 is 0. The number of fused-ring (bicyclic) bond motifs is 1. The Labute approximate surface area is 86.9 Å². The predicted octanol–water partition coefficient (Wildman–Crippen LogP) is 1.34. The fourth-order valence-corrected chi connectivity index (χ4v) is 1.53. The molecule has 0 fully saturated rings. The first-order valence-corrected chi connectivity index (χ1v) is 4.75. The number of carbonyl (C=O) groups is 1. The van der Waals surface area contributed by atoms with Crippen molar-refractivity contribution in [3.8, 4) is 0 Å². The van der Waals surface area contributed by atoms with Crippen LogP contribution in [0.4, 0.5) is 0 Å². The van der Waals surface area contributed by atoms with Crippen molar-refractivity contribution in [3.05, 3.63) is 36.0 Å². The summed E-state index contributed by atoms with van der Waals surface area (Å²) in [7, 11) is 0. The molecule has 4 heteroatoms. The average Bonchev–Trinajstić information content (AvgIpc) is 2.59. The third-order valence-electron chi connectivity index (χ3n) is 2.18. The molecule has 0 aliphatic rings. The van der Waals surface area contributed by atoms with Crippen LogP contribution in [-0.4, -0.2) is 22.6 Å². The molecule has 1 aromatic heterocycles. The highest BCUT2D eigenvalue weighted by atomic mass is 16.4. The monoisotopic (exact) mass is 204 g/mol. The lowest BCUT2D eigenvalue weighted by atomic mass is 10.2. The number of H-pyrrole nitrogens is 1. The first-order chi connectivity index (χ1) is 7.25. The van der Waals surface area contributed by atoms with Crippen molar-refractivity contribution in [1.82, 2.24) is 10.3 Å². The Bertz CT molecular complexity index is 443. The molecule has 2 aromatic rings.